The molecule has 0 radical (unpaired) electrons. The summed E-state index contributed by atoms with van der Waals surface area (Å²) in [6, 6.07) is 7.14. The van der Waals surface area contributed by atoms with Crippen LogP contribution in [0.3, 0.4) is 0 Å². The van der Waals surface area contributed by atoms with E-state index in [1.807, 2.05) is 24.3 Å². The van der Waals surface area contributed by atoms with E-state index in [1.165, 1.54) is 4.90 Å². The van der Waals surface area contributed by atoms with Gasteiger partial charge in [0.1, 0.15) is 5.57 Å². The normalized spacial score (nSPS) is 15.7. The molecule has 0 unspecified atom stereocenters. The molecule has 1 fully saturated rings. The van der Waals surface area contributed by atoms with Crippen molar-refractivity contribution in [2.24, 2.45) is 10.7 Å². The van der Waals surface area contributed by atoms with Gasteiger partial charge in [-0.1, -0.05) is 40.7 Å². The molecular formula is C18H19BrF3N3O. The number of rotatable bonds is 7. The maximum atomic E-state index is 14.0. The largest absolute Gasteiger partial charge is 0.397 e. The summed E-state index contributed by atoms with van der Waals surface area (Å²) >= 11 is 3.41. The number of carbonyl (C=O) groups is 1. The SMILES string of the molecule is C=C(CN(C(=O)C(C(F)=NC)=C(N)C(F)F)C1CC1)c1ccccc1Br. The molecule has 26 heavy (non-hydrogen) atoms. The van der Waals surface area contributed by atoms with Crippen LogP contribution in [0.5, 0.6) is 0 Å². The van der Waals surface area contributed by atoms with Crippen LogP contribution in [0.1, 0.15) is 18.4 Å². The van der Waals surface area contributed by atoms with Crippen LogP contribution in [0.2, 0.25) is 0 Å². The minimum atomic E-state index is -3.16. The highest BCUT2D eigenvalue weighted by Crippen LogP contribution is 2.32. The van der Waals surface area contributed by atoms with Crippen molar-refractivity contribution in [3.63, 3.8) is 0 Å². The van der Waals surface area contributed by atoms with Gasteiger partial charge >= 0.3 is 0 Å². The van der Waals surface area contributed by atoms with E-state index >= 15 is 0 Å². The third-order valence-corrected chi connectivity index (χ3v) is 4.70. The molecule has 4 nitrogen and oxygen atoms in total. The van der Waals surface area contributed by atoms with Gasteiger partial charge in [0, 0.05) is 24.1 Å². The highest BCUT2D eigenvalue weighted by Gasteiger charge is 2.37. The van der Waals surface area contributed by atoms with Gasteiger partial charge in [-0.3, -0.25) is 9.79 Å². The minimum absolute atomic E-state index is 0.0725. The number of aliphatic imine (C=N–C) groups is 1. The monoisotopic (exact) mass is 429 g/mol. The highest BCUT2D eigenvalue weighted by molar-refractivity contribution is 9.10. The maximum Gasteiger partial charge on any atom is 0.278 e. The van der Waals surface area contributed by atoms with Gasteiger partial charge in [-0.15, -0.1) is 0 Å². The second kappa shape index (κ2) is 8.53. The van der Waals surface area contributed by atoms with Gasteiger partial charge in [0.05, 0.1) is 5.70 Å². The quantitative estimate of drug-likeness (QED) is 0.527. The Labute approximate surface area is 158 Å². The number of benzene rings is 1. The van der Waals surface area contributed by atoms with Crippen LogP contribution in [-0.2, 0) is 4.79 Å². The molecule has 0 spiro atoms. The Bertz CT molecular complexity index is 773. The number of nitrogens with two attached hydrogens (primary N) is 1. The lowest BCUT2D eigenvalue weighted by molar-refractivity contribution is -0.126. The van der Waals surface area contributed by atoms with Crippen LogP contribution in [0.25, 0.3) is 5.57 Å². The second-order valence-corrected chi connectivity index (χ2v) is 6.75. The third kappa shape index (κ3) is 4.55. The summed E-state index contributed by atoms with van der Waals surface area (Å²) in [5, 5.41) is 0. The molecule has 0 bridgehead atoms. The first-order chi connectivity index (χ1) is 12.3. The molecule has 1 amide bonds. The van der Waals surface area contributed by atoms with Gasteiger partial charge in [0.25, 0.3) is 12.3 Å². The van der Waals surface area contributed by atoms with Crippen LogP contribution in [0, 0.1) is 0 Å². The second-order valence-electron chi connectivity index (χ2n) is 5.89. The van der Waals surface area contributed by atoms with E-state index < -0.39 is 29.6 Å². The Hall–Kier alpha value is -2.09. The molecule has 0 heterocycles. The summed E-state index contributed by atoms with van der Waals surface area (Å²) in [4.78, 5) is 17.4. The van der Waals surface area contributed by atoms with Gasteiger partial charge in [0.2, 0.25) is 5.97 Å². The molecule has 0 aromatic heterocycles. The van der Waals surface area contributed by atoms with Crippen molar-refractivity contribution < 1.29 is 18.0 Å². The summed E-state index contributed by atoms with van der Waals surface area (Å²) in [5.41, 5.74) is 4.68. The Kier molecular flexibility index (Phi) is 6.63. The molecule has 0 atom stereocenters. The van der Waals surface area contributed by atoms with Gasteiger partial charge in [-0.2, -0.15) is 4.39 Å². The van der Waals surface area contributed by atoms with Crippen molar-refractivity contribution in [2.75, 3.05) is 13.6 Å². The Morgan fingerprint density at radius 1 is 1.42 bits per heavy atom. The van der Waals surface area contributed by atoms with Crippen LogP contribution in [-0.4, -0.2) is 42.8 Å². The molecule has 140 valence electrons. The molecule has 8 heteroatoms. The van der Waals surface area contributed by atoms with Gasteiger partial charge < -0.3 is 10.6 Å². The van der Waals surface area contributed by atoms with E-state index in [9.17, 15) is 18.0 Å². The highest BCUT2D eigenvalue weighted by atomic mass is 79.9. The molecule has 0 aliphatic heterocycles. The number of alkyl halides is 2. The minimum Gasteiger partial charge on any atom is -0.397 e. The van der Waals surface area contributed by atoms with Crippen molar-refractivity contribution in [1.82, 2.24) is 4.90 Å². The van der Waals surface area contributed by atoms with E-state index in [4.69, 9.17) is 5.73 Å². The van der Waals surface area contributed by atoms with Crippen LogP contribution in [0.4, 0.5) is 13.2 Å². The van der Waals surface area contributed by atoms with E-state index in [1.54, 1.807) is 0 Å². The molecule has 1 aliphatic rings. The number of carbonyl (C=O) groups excluding carboxylic acids is 1. The summed E-state index contributed by atoms with van der Waals surface area (Å²) < 4.78 is 40.8. The summed E-state index contributed by atoms with van der Waals surface area (Å²) in [6.45, 7) is 4.05. The molecule has 1 saturated carbocycles. The zero-order valence-corrected chi connectivity index (χ0v) is 15.8. The molecule has 1 aromatic carbocycles. The van der Waals surface area contributed by atoms with E-state index in [2.05, 4.69) is 27.5 Å². The Balaban J connectivity index is 2.34. The lowest BCUT2D eigenvalue weighted by Gasteiger charge is -2.25. The molecule has 1 aromatic rings. The lowest BCUT2D eigenvalue weighted by Crippen LogP contribution is -2.38. The molecule has 2 rings (SSSR count). The van der Waals surface area contributed by atoms with E-state index in [-0.39, 0.29) is 12.6 Å². The Morgan fingerprint density at radius 3 is 2.54 bits per heavy atom. The summed E-state index contributed by atoms with van der Waals surface area (Å²) in [7, 11) is 1.07. The van der Waals surface area contributed by atoms with E-state index in [0.717, 1.165) is 17.1 Å². The fourth-order valence-corrected chi connectivity index (χ4v) is 3.05. The van der Waals surface area contributed by atoms with Gasteiger partial charge in [-0.05, 0) is 30.0 Å². The van der Waals surface area contributed by atoms with Gasteiger partial charge in [0.15, 0.2) is 0 Å². The van der Waals surface area contributed by atoms with Crippen molar-refractivity contribution in [3.8, 4) is 0 Å². The smallest absolute Gasteiger partial charge is 0.278 e. The van der Waals surface area contributed by atoms with E-state index in [0.29, 0.717) is 18.4 Å². The number of allylic oxidation sites excluding steroid dienone is 1. The molecule has 0 saturated heterocycles. The summed E-state index contributed by atoms with van der Waals surface area (Å²) in [5.74, 6) is -2.20. The average molecular weight is 430 g/mol. The lowest BCUT2D eigenvalue weighted by atomic mass is 10.1. The summed E-state index contributed by atoms with van der Waals surface area (Å²) in [6.07, 6.45) is -1.74. The van der Waals surface area contributed by atoms with Crippen molar-refractivity contribution in [3.05, 3.63) is 52.2 Å². The van der Waals surface area contributed by atoms with Crippen LogP contribution >= 0.6 is 15.9 Å². The van der Waals surface area contributed by atoms with Crippen LogP contribution in [0.15, 0.2) is 51.6 Å². The average Bonchev–Trinajstić information content (AvgIpc) is 3.44. The fourth-order valence-electron chi connectivity index (χ4n) is 2.49. The third-order valence-electron chi connectivity index (χ3n) is 4.00. The standard InChI is InChI=1S/C18H19BrF3N3O/c1-10(12-5-3-4-6-13(12)19)9-25(11-7-8-11)18(26)14(17(22)24-2)15(23)16(20)21/h3-6,11,16H,1,7-9,23H2,2H3. The Morgan fingerprint density at radius 2 is 2.04 bits per heavy atom. The first-order valence-corrected chi connectivity index (χ1v) is 8.71. The van der Waals surface area contributed by atoms with Crippen molar-refractivity contribution in [1.29, 1.82) is 0 Å². The molecule has 1 aliphatic carbocycles. The number of hydrogen-bond acceptors (Lipinski definition) is 3. The first kappa shape index (κ1) is 20.2. The maximum absolute atomic E-state index is 14.0. The first-order valence-electron chi connectivity index (χ1n) is 7.92. The predicted molar refractivity (Wildman–Crippen MR) is 99.6 cm³/mol. The predicted octanol–water partition coefficient (Wildman–Crippen LogP) is 3.93. The molecule has 2 N–H and O–H groups in total. The number of amides is 1. The van der Waals surface area contributed by atoms with Crippen LogP contribution < -0.4 is 5.73 Å². The molecular weight excluding hydrogens is 411 g/mol. The zero-order chi connectivity index (χ0) is 19.4. The number of hydrogen-bond donors (Lipinski definition) is 1. The van der Waals surface area contributed by atoms with Gasteiger partial charge in [-0.25, -0.2) is 8.78 Å². The number of nitrogens with zero attached hydrogens (tertiary/aromatic N) is 2. The fraction of sp³-hybridized carbons (Fsp3) is 0.333. The topological polar surface area (TPSA) is 58.7 Å². The zero-order valence-electron chi connectivity index (χ0n) is 14.2. The van der Waals surface area contributed by atoms with Crippen molar-refractivity contribution >= 4 is 33.4 Å². The number of halogens is 4. The van der Waals surface area contributed by atoms with Crippen molar-refractivity contribution in [2.45, 2.75) is 25.3 Å².